The minimum atomic E-state index is -3.18. The van der Waals surface area contributed by atoms with Crippen LogP contribution in [0.15, 0.2) is 43.0 Å². The first-order chi connectivity index (χ1) is 27.3. The highest BCUT2D eigenvalue weighted by atomic mass is 19.1. The fraction of sp³-hybridized carbons (Fsp3) is 0.667. The first-order valence-corrected chi connectivity index (χ1v) is 20.0. The first kappa shape index (κ1) is 45.2. The number of nitrogens with zero attached hydrogens (tertiary/aromatic N) is 3. The van der Waals surface area contributed by atoms with E-state index in [1.165, 1.54) is 27.3 Å². The quantitative estimate of drug-likeness (QED) is 0.232. The van der Waals surface area contributed by atoms with Gasteiger partial charge in [-0.15, -0.1) is 0 Å². The van der Waals surface area contributed by atoms with Crippen molar-refractivity contribution < 1.29 is 52.4 Å². The van der Waals surface area contributed by atoms with Crippen molar-refractivity contribution in [3.63, 3.8) is 0 Å². The lowest BCUT2D eigenvalue weighted by molar-refractivity contribution is -0.297. The molecule has 13 atom stereocenters. The number of alkyl halides is 1. The zero-order valence-corrected chi connectivity index (χ0v) is 35.2. The number of amides is 1. The zero-order chi connectivity index (χ0) is 42.7. The van der Waals surface area contributed by atoms with Crippen LogP contribution in [0, 0.1) is 17.8 Å². The second-order valence-electron chi connectivity index (χ2n) is 16.9. The molecule has 4 heterocycles. The van der Waals surface area contributed by atoms with Crippen LogP contribution in [0.25, 0.3) is 11.1 Å². The van der Waals surface area contributed by atoms with E-state index in [2.05, 4.69) is 20.6 Å². The number of aliphatic hydroxyl groups is 1. The van der Waals surface area contributed by atoms with Crippen molar-refractivity contribution in [2.75, 3.05) is 27.7 Å². The lowest BCUT2D eigenvalue weighted by Crippen LogP contribution is -2.62. The number of carbonyl (C=O) groups excluding carboxylic acids is 4. The van der Waals surface area contributed by atoms with E-state index < -0.39 is 95.3 Å². The summed E-state index contributed by atoms with van der Waals surface area (Å²) in [7, 11) is 5.05. The number of cyclic esters (lactones) is 1. The summed E-state index contributed by atoms with van der Waals surface area (Å²) in [5.41, 5.74) is -3.28. The number of benzene rings is 1. The molecule has 1 aromatic carbocycles. The molecule has 3 unspecified atom stereocenters. The molecular formula is C42H60FN5O10. The highest BCUT2D eigenvalue weighted by molar-refractivity contribution is 6.08. The van der Waals surface area contributed by atoms with Gasteiger partial charge in [0.05, 0.1) is 23.9 Å². The highest BCUT2D eigenvalue weighted by Gasteiger charge is 2.59. The molecule has 3 N–H and O–H groups in total. The normalized spacial score (nSPS) is 37.7. The van der Waals surface area contributed by atoms with Gasteiger partial charge in [-0.05, 0) is 65.3 Å². The van der Waals surface area contributed by atoms with E-state index in [1.54, 1.807) is 40.1 Å². The number of hydrogen-bond donors (Lipinski definition) is 3. The Balaban J connectivity index is 1.42. The van der Waals surface area contributed by atoms with Crippen LogP contribution >= 0.6 is 0 Å². The maximum atomic E-state index is 16.8. The fourth-order valence-corrected chi connectivity index (χ4v) is 8.85. The molecule has 3 aliphatic rings. The van der Waals surface area contributed by atoms with Crippen LogP contribution in [-0.4, -0.2) is 131 Å². The molecule has 5 rings (SSSR count). The molecular weight excluding hydrogens is 753 g/mol. The minimum absolute atomic E-state index is 0.0150. The van der Waals surface area contributed by atoms with E-state index in [1.807, 2.05) is 43.3 Å². The van der Waals surface area contributed by atoms with Crippen molar-refractivity contribution in [1.29, 1.82) is 0 Å². The Labute approximate surface area is 340 Å². The number of aliphatic hydroxyl groups excluding tert-OH is 1. The van der Waals surface area contributed by atoms with Gasteiger partial charge >= 0.3 is 12.1 Å². The topological polar surface area (TPSA) is 188 Å². The molecule has 15 nitrogen and oxygen atoms in total. The Morgan fingerprint density at radius 2 is 1.67 bits per heavy atom. The number of nitrogens with one attached hydrogen (secondary N) is 2. The van der Waals surface area contributed by atoms with E-state index in [0.717, 1.165) is 23.6 Å². The van der Waals surface area contributed by atoms with E-state index >= 15 is 4.39 Å². The second-order valence-corrected chi connectivity index (χ2v) is 16.9. The van der Waals surface area contributed by atoms with Crippen molar-refractivity contribution in [3.8, 4) is 11.1 Å². The first-order valence-electron chi connectivity index (χ1n) is 20.0. The molecule has 320 valence electrons. The van der Waals surface area contributed by atoms with Crippen molar-refractivity contribution >= 4 is 23.6 Å². The van der Waals surface area contributed by atoms with Crippen molar-refractivity contribution in [1.82, 2.24) is 25.5 Å². The van der Waals surface area contributed by atoms with Gasteiger partial charge in [0.2, 0.25) is 0 Å². The summed E-state index contributed by atoms with van der Waals surface area (Å²) in [4.78, 5) is 64.8. The van der Waals surface area contributed by atoms with Gasteiger partial charge in [0.15, 0.2) is 17.7 Å². The van der Waals surface area contributed by atoms with Crippen molar-refractivity contribution in [2.24, 2.45) is 17.8 Å². The van der Waals surface area contributed by atoms with E-state index in [9.17, 15) is 24.3 Å². The van der Waals surface area contributed by atoms with E-state index in [0.29, 0.717) is 19.5 Å². The number of alkyl carbamates (subject to hydrolysis) is 1. The molecule has 1 aromatic heterocycles. The number of carbonyl (C=O) groups is 4. The van der Waals surface area contributed by atoms with Gasteiger partial charge in [-0.25, -0.2) is 23.9 Å². The van der Waals surface area contributed by atoms with Gasteiger partial charge in [0.25, 0.3) is 5.67 Å². The number of fused-ring (bicyclic) bond motifs is 1. The largest absolute Gasteiger partial charge is 0.455 e. The summed E-state index contributed by atoms with van der Waals surface area (Å²) in [5.74, 6) is -5.86. The predicted octanol–water partition coefficient (Wildman–Crippen LogP) is 3.80. The molecule has 3 saturated heterocycles. The number of hydrogen-bond acceptors (Lipinski definition) is 14. The van der Waals surface area contributed by atoms with Crippen LogP contribution in [0.5, 0.6) is 0 Å². The number of rotatable bonds is 10. The van der Waals surface area contributed by atoms with Crippen LogP contribution in [0.2, 0.25) is 0 Å². The van der Waals surface area contributed by atoms with Crippen molar-refractivity contribution in [2.45, 2.75) is 134 Å². The summed E-state index contributed by atoms with van der Waals surface area (Å²) in [6, 6.07) is 6.61. The Kier molecular flexibility index (Phi) is 14.1. The molecule has 3 aliphatic heterocycles. The van der Waals surface area contributed by atoms with Gasteiger partial charge < -0.3 is 44.3 Å². The number of ketones is 2. The van der Waals surface area contributed by atoms with Gasteiger partial charge in [0.1, 0.15) is 24.3 Å². The van der Waals surface area contributed by atoms with Crippen LogP contribution < -0.4 is 10.6 Å². The Morgan fingerprint density at radius 3 is 2.28 bits per heavy atom. The number of methoxy groups -OCH3 is 1. The third-order valence-corrected chi connectivity index (χ3v) is 12.4. The molecule has 3 fully saturated rings. The number of halogens is 1. The molecule has 58 heavy (non-hydrogen) atoms. The zero-order valence-electron chi connectivity index (χ0n) is 35.2. The van der Waals surface area contributed by atoms with Crippen molar-refractivity contribution in [3.05, 3.63) is 48.5 Å². The summed E-state index contributed by atoms with van der Waals surface area (Å²) >= 11 is 0. The Morgan fingerprint density at radius 1 is 1.02 bits per heavy atom. The molecule has 0 aliphatic carbocycles. The third-order valence-electron chi connectivity index (χ3n) is 12.4. The number of ether oxygens (including phenoxy) is 5. The molecule has 0 saturated carbocycles. The highest BCUT2D eigenvalue weighted by Crippen LogP contribution is 2.41. The second kappa shape index (κ2) is 18.1. The number of esters is 1. The average Bonchev–Trinajstić information content (AvgIpc) is 3.52. The summed E-state index contributed by atoms with van der Waals surface area (Å²) in [6.07, 6.45) is -0.870. The van der Waals surface area contributed by atoms with Gasteiger partial charge in [0, 0.05) is 62.0 Å². The van der Waals surface area contributed by atoms with Gasteiger partial charge in [-0.2, -0.15) is 0 Å². The summed E-state index contributed by atoms with van der Waals surface area (Å²) < 4.78 is 47.2. The van der Waals surface area contributed by atoms with Crippen LogP contribution in [-0.2, 0) is 44.6 Å². The van der Waals surface area contributed by atoms with Crippen LogP contribution in [0.4, 0.5) is 9.18 Å². The number of likely N-dealkylation sites (N-methyl/N-ethyl adjacent to an activating group) is 1. The SMILES string of the molecule is CC[C@H]1OC(=O)[C@@](C)(F)C(=O)[C@H](C)[C@@H](O[C@@H]2OC(CNCc3ccc(-c4cncnc4)cc3)CC(N(C)C)C2O)[C@](C)(OC)C[C@@H](C)C(=O)[C@H](C)[C@H]2NC(=O)O[C@@]21C. The lowest BCUT2D eigenvalue weighted by atomic mass is 9.73. The third kappa shape index (κ3) is 9.27. The Hall–Kier alpha value is -3.93. The van der Waals surface area contributed by atoms with Crippen LogP contribution in [0.1, 0.15) is 73.3 Å². The van der Waals surface area contributed by atoms with Gasteiger partial charge in [-0.1, -0.05) is 52.0 Å². The summed E-state index contributed by atoms with van der Waals surface area (Å²) in [5, 5.41) is 17.8. The van der Waals surface area contributed by atoms with E-state index in [4.69, 9.17) is 23.7 Å². The Bertz CT molecular complexity index is 1770. The smallest absolute Gasteiger partial charge is 0.408 e. The minimum Gasteiger partial charge on any atom is -0.455 e. The maximum Gasteiger partial charge on any atom is 0.408 e. The fourth-order valence-electron chi connectivity index (χ4n) is 8.85. The molecule has 0 bridgehead atoms. The average molecular weight is 814 g/mol. The van der Waals surface area contributed by atoms with Gasteiger partial charge in [-0.3, -0.25) is 9.59 Å². The molecule has 2 aromatic rings. The number of Topliss-reactive ketones (excluding diaryl/α,β-unsaturated/α-hetero) is 2. The summed E-state index contributed by atoms with van der Waals surface area (Å²) in [6.45, 7) is 11.3. The standard InChI is InChI=1S/C42H60FN5O10/c1-11-31-42(7)34(47-39(53)58-42)24(3)32(49)23(2)17-40(5,54-10)36(25(4)35(51)41(6,43)38(52)56-31)57-37-33(50)30(48(8)9)16-29(55-37)21-44-18-26-12-14-27(15-13-26)28-19-45-22-46-20-28/h12-15,19-20,22-25,29-31,33-34,36-37,44,50H,11,16-18,21H2,1-10H3,(H,47,53)/t23-,24+,25+,29?,30?,31-,33?,34-,36-,37+,40-,41+,42-/m1/s1. The van der Waals surface area contributed by atoms with E-state index in [-0.39, 0.29) is 18.6 Å². The number of aromatic nitrogens is 2. The molecule has 0 radical (unpaired) electrons. The molecule has 1 amide bonds. The molecule has 0 spiro atoms. The predicted molar refractivity (Wildman–Crippen MR) is 210 cm³/mol. The van der Waals surface area contributed by atoms with Crippen LogP contribution in [0.3, 0.4) is 0 Å². The maximum absolute atomic E-state index is 16.8. The monoisotopic (exact) mass is 813 g/mol. The molecule has 16 heteroatoms. The lowest BCUT2D eigenvalue weighted by Gasteiger charge is -2.47.